The molecule has 0 aliphatic carbocycles. The van der Waals surface area contributed by atoms with E-state index in [2.05, 4.69) is 21.5 Å². The number of fused-ring (bicyclic) bond motifs is 1. The van der Waals surface area contributed by atoms with E-state index >= 15 is 0 Å². The number of hydrogen-bond acceptors (Lipinski definition) is 5. The number of hydrogen-bond donors (Lipinski definition) is 1. The molecule has 1 N–H and O–H groups in total. The number of carbonyl (C=O) groups is 1. The van der Waals surface area contributed by atoms with E-state index in [1.165, 1.54) is 5.56 Å². The zero-order valence-corrected chi connectivity index (χ0v) is 14.7. The van der Waals surface area contributed by atoms with Gasteiger partial charge < -0.3 is 14.6 Å². The van der Waals surface area contributed by atoms with Crippen molar-refractivity contribution in [1.82, 2.24) is 15.5 Å². The van der Waals surface area contributed by atoms with Crippen LogP contribution in [0.15, 0.2) is 41.2 Å². The Balaban J connectivity index is 1.53. The minimum atomic E-state index is -0.177. The average Bonchev–Trinajstić information content (AvgIpc) is 3.26. The second-order valence-electron chi connectivity index (χ2n) is 6.37. The Bertz CT molecular complexity index is 959. The number of carbonyl (C=O) groups excluding carboxylic acids is 1. The first-order valence-electron chi connectivity index (χ1n) is 8.53. The van der Waals surface area contributed by atoms with E-state index in [1.807, 2.05) is 32.0 Å². The summed E-state index contributed by atoms with van der Waals surface area (Å²) in [5.74, 6) is 1.48. The highest BCUT2D eigenvalue weighted by atomic mass is 16.5. The molecule has 2 aromatic heterocycles. The van der Waals surface area contributed by atoms with Crippen LogP contribution < -0.4 is 10.1 Å². The first-order chi connectivity index (χ1) is 12.6. The number of pyridine rings is 1. The SMILES string of the molecule is Cc1noc(C)c1CNC(=O)c1cncc(-c2ccc3c(c2)CCO3)c1. The van der Waals surface area contributed by atoms with Gasteiger partial charge in [-0.25, -0.2) is 0 Å². The molecule has 0 spiro atoms. The Kier molecular flexibility index (Phi) is 4.16. The largest absolute Gasteiger partial charge is 0.493 e. The monoisotopic (exact) mass is 349 g/mol. The van der Waals surface area contributed by atoms with Crippen molar-refractivity contribution in [3.8, 4) is 16.9 Å². The number of benzene rings is 1. The lowest BCUT2D eigenvalue weighted by molar-refractivity contribution is 0.0950. The first kappa shape index (κ1) is 16.3. The summed E-state index contributed by atoms with van der Waals surface area (Å²) in [6.45, 7) is 4.79. The van der Waals surface area contributed by atoms with Crippen molar-refractivity contribution < 1.29 is 14.1 Å². The molecular formula is C20H19N3O3. The third-order valence-corrected chi connectivity index (χ3v) is 4.63. The summed E-state index contributed by atoms with van der Waals surface area (Å²) in [6.07, 6.45) is 4.25. The summed E-state index contributed by atoms with van der Waals surface area (Å²) in [4.78, 5) is 16.7. The first-order valence-corrected chi connectivity index (χ1v) is 8.53. The highest BCUT2D eigenvalue weighted by Crippen LogP contribution is 2.30. The maximum Gasteiger partial charge on any atom is 0.253 e. The summed E-state index contributed by atoms with van der Waals surface area (Å²) >= 11 is 0. The van der Waals surface area contributed by atoms with Gasteiger partial charge in [-0.2, -0.15) is 0 Å². The summed E-state index contributed by atoms with van der Waals surface area (Å²) in [5.41, 5.74) is 5.34. The van der Waals surface area contributed by atoms with E-state index in [4.69, 9.17) is 9.26 Å². The molecule has 3 aromatic rings. The molecule has 0 saturated carbocycles. The molecule has 4 rings (SSSR count). The lowest BCUT2D eigenvalue weighted by atomic mass is 10.0. The van der Waals surface area contributed by atoms with Crippen molar-refractivity contribution >= 4 is 5.91 Å². The van der Waals surface area contributed by atoms with Crippen LogP contribution in [0.5, 0.6) is 5.75 Å². The lowest BCUT2D eigenvalue weighted by Gasteiger charge is -2.08. The Labute approximate surface area is 151 Å². The van der Waals surface area contributed by atoms with E-state index in [9.17, 15) is 4.79 Å². The van der Waals surface area contributed by atoms with E-state index in [-0.39, 0.29) is 5.91 Å². The zero-order valence-electron chi connectivity index (χ0n) is 14.7. The van der Waals surface area contributed by atoms with Crippen molar-refractivity contribution in [1.29, 1.82) is 0 Å². The summed E-state index contributed by atoms with van der Waals surface area (Å²) < 4.78 is 10.7. The van der Waals surface area contributed by atoms with Crippen LogP contribution in [0.2, 0.25) is 0 Å². The van der Waals surface area contributed by atoms with Crippen LogP contribution >= 0.6 is 0 Å². The third-order valence-electron chi connectivity index (χ3n) is 4.63. The van der Waals surface area contributed by atoms with E-state index < -0.39 is 0 Å². The van der Waals surface area contributed by atoms with Crippen LogP contribution in [0.1, 0.15) is 32.9 Å². The average molecular weight is 349 g/mol. The fraction of sp³-hybridized carbons (Fsp3) is 0.250. The highest BCUT2D eigenvalue weighted by molar-refractivity contribution is 5.95. The Hall–Kier alpha value is -3.15. The van der Waals surface area contributed by atoms with Crippen molar-refractivity contribution in [2.24, 2.45) is 0 Å². The van der Waals surface area contributed by atoms with Crippen molar-refractivity contribution in [3.05, 3.63) is 64.8 Å². The number of amides is 1. The second-order valence-corrected chi connectivity index (χ2v) is 6.37. The van der Waals surface area contributed by atoms with Gasteiger partial charge in [0.15, 0.2) is 0 Å². The maximum absolute atomic E-state index is 12.5. The van der Waals surface area contributed by atoms with Crippen LogP contribution in [-0.4, -0.2) is 22.7 Å². The quantitative estimate of drug-likeness (QED) is 0.782. The van der Waals surface area contributed by atoms with Crippen molar-refractivity contribution in [2.75, 3.05) is 6.61 Å². The van der Waals surface area contributed by atoms with Gasteiger partial charge in [0.05, 0.1) is 17.9 Å². The van der Waals surface area contributed by atoms with Crippen LogP contribution in [0.3, 0.4) is 0 Å². The molecule has 0 radical (unpaired) electrons. The Morgan fingerprint density at radius 1 is 1.19 bits per heavy atom. The fourth-order valence-corrected chi connectivity index (χ4v) is 3.11. The molecule has 0 saturated heterocycles. The van der Waals surface area contributed by atoms with Crippen molar-refractivity contribution in [2.45, 2.75) is 26.8 Å². The smallest absolute Gasteiger partial charge is 0.253 e. The third kappa shape index (κ3) is 3.06. The standard InChI is InChI=1S/C20H19N3O3/c1-12-18(13(2)26-23-12)11-22-20(24)17-8-16(9-21-10-17)14-3-4-19-15(7-14)5-6-25-19/h3-4,7-10H,5-6,11H2,1-2H3,(H,22,24). The summed E-state index contributed by atoms with van der Waals surface area (Å²) in [5, 5.41) is 6.80. The van der Waals surface area contributed by atoms with Gasteiger partial charge in [0.1, 0.15) is 11.5 Å². The highest BCUT2D eigenvalue weighted by Gasteiger charge is 2.15. The van der Waals surface area contributed by atoms with Crippen LogP contribution in [0, 0.1) is 13.8 Å². The normalized spacial score (nSPS) is 12.5. The number of ether oxygens (including phenoxy) is 1. The summed E-state index contributed by atoms with van der Waals surface area (Å²) in [7, 11) is 0. The number of rotatable bonds is 4. The zero-order chi connectivity index (χ0) is 18.1. The molecule has 1 amide bonds. The van der Waals surface area contributed by atoms with Gasteiger partial charge in [-0.1, -0.05) is 11.2 Å². The predicted molar refractivity (Wildman–Crippen MR) is 96.0 cm³/mol. The molecule has 0 fully saturated rings. The summed E-state index contributed by atoms with van der Waals surface area (Å²) in [6, 6.07) is 7.92. The molecule has 3 heterocycles. The molecule has 0 atom stereocenters. The molecule has 0 unspecified atom stereocenters. The molecule has 26 heavy (non-hydrogen) atoms. The number of aromatic nitrogens is 2. The molecule has 1 aromatic carbocycles. The molecule has 132 valence electrons. The van der Waals surface area contributed by atoms with Crippen LogP contribution in [0.25, 0.3) is 11.1 Å². The Morgan fingerprint density at radius 3 is 2.88 bits per heavy atom. The maximum atomic E-state index is 12.5. The van der Waals surface area contributed by atoms with Crippen LogP contribution in [0.4, 0.5) is 0 Å². The number of nitrogens with one attached hydrogen (secondary N) is 1. The minimum Gasteiger partial charge on any atom is -0.493 e. The molecule has 0 bridgehead atoms. The van der Waals surface area contributed by atoms with Gasteiger partial charge in [-0.05, 0) is 43.2 Å². The fourth-order valence-electron chi connectivity index (χ4n) is 3.11. The topological polar surface area (TPSA) is 77.3 Å². The van der Waals surface area contributed by atoms with Gasteiger partial charge >= 0.3 is 0 Å². The number of nitrogens with zero attached hydrogens (tertiary/aromatic N) is 2. The van der Waals surface area contributed by atoms with Crippen molar-refractivity contribution in [3.63, 3.8) is 0 Å². The lowest BCUT2D eigenvalue weighted by Crippen LogP contribution is -2.23. The van der Waals surface area contributed by atoms with Crippen LogP contribution in [-0.2, 0) is 13.0 Å². The van der Waals surface area contributed by atoms with Gasteiger partial charge in [-0.15, -0.1) is 0 Å². The Morgan fingerprint density at radius 2 is 2.08 bits per heavy atom. The minimum absolute atomic E-state index is 0.177. The molecular weight excluding hydrogens is 330 g/mol. The van der Waals surface area contributed by atoms with Gasteiger partial charge in [-0.3, -0.25) is 9.78 Å². The van der Waals surface area contributed by atoms with Gasteiger partial charge in [0.2, 0.25) is 0 Å². The van der Waals surface area contributed by atoms with E-state index in [0.29, 0.717) is 12.1 Å². The molecule has 6 nitrogen and oxygen atoms in total. The number of aryl methyl sites for hydroxylation is 2. The molecule has 1 aliphatic heterocycles. The second kappa shape index (κ2) is 6.63. The van der Waals surface area contributed by atoms with E-state index in [1.54, 1.807) is 12.4 Å². The van der Waals surface area contributed by atoms with E-state index in [0.717, 1.165) is 46.9 Å². The van der Waals surface area contributed by atoms with Gasteiger partial charge in [0.25, 0.3) is 5.91 Å². The molecule has 6 heteroatoms. The van der Waals surface area contributed by atoms with Gasteiger partial charge in [0, 0.05) is 36.5 Å². The molecule has 1 aliphatic rings. The predicted octanol–water partition coefficient (Wildman–Crippen LogP) is 3.22.